The van der Waals surface area contributed by atoms with Crippen molar-refractivity contribution in [3.8, 4) is 23.5 Å². The lowest BCUT2D eigenvalue weighted by Gasteiger charge is -2.18. The maximum absolute atomic E-state index is 10.6. The zero-order valence-corrected chi connectivity index (χ0v) is 22.7. The van der Waals surface area contributed by atoms with E-state index in [1.54, 1.807) is 6.07 Å². The van der Waals surface area contributed by atoms with E-state index in [-0.39, 0.29) is 0 Å². The Kier molecular flexibility index (Phi) is 4.68. The van der Waals surface area contributed by atoms with Crippen molar-refractivity contribution in [2.45, 2.75) is 0 Å². The minimum atomic E-state index is 0.335. The molecule has 0 aliphatic carbocycles. The highest BCUT2D eigenvalue weighted by Crippen LogP contribution is 2.43. The summed E-state index contributed by atoms with van der Waals surface area (Å²) in [5, 5.41) is 27.1. The molecule has 0 aliphatic rings. The lowest BCUT2D eigenvalue weighted by atomic mass is 10.0. The van der Waals surface area contributed by atoms with E-state index < -0.39 is 0 Å². The van der Waals surface area contributed by atoms with Crippen LogP contribution in [0.4, 0.5) is 0 Å². The van der Waals surface area contributed by atoms with Crippen LogP contribution in [0.15, 0.2) is 126 Å². The molecular weight excluding hydrogens is 528 g/mol. The van der Waals surface area contributed by atoms with Gasteiger partial charge in [0, 0.05) is 26.9 Å². The number of fused-ring (bicyclic) bond motifs is 10. The van der Waals surface area contributed by atoms with Gasteiger partial charge in [-0.1, -0.05) is 72.8 Å². The Morgan fingerprint density at radius 2 is 1.09 bits per heavy atom. The van der Waals surface area contributed by atoms with E-state index >= 15 is 0 Å². The highest BCUT2D eigenvalue weighted by Gasteiger charge is 2.25. The van der Waals surface area contributed by atoms with Crippen LogP contribution in [0.25, 0.3) is 76.9 Å². The molecule has 0 spiro atoms. The van der Waals surface area contributed by atoms with Gasteiger partial charge in [-0.3, -0.25) is 0 Å². The molecule has 0 fully saturated rings. The summed E-state index contributed by atoms with van der Waals surface area (Å²) in [5.74, 6) is 0. The number of nitriles is 2. The summed E-state index contributed by atoms with van der Waals surface area (Å²) in [7, 11) is 0. The Balaban J connectivity index is 1.51. The number of rotatable bonds is 2. The third-order valence-electron chi connectivity index (χ3n) is 8.61. The van der Waals surface area contributed by atoms with Crippen LogP contribution in [0.1, 0.15) is 11.1 Å². The molecule has 3 heterocycles. The summed E-state index contributed by atoms with van der Waals surface area (Å²) in [5.41, 5.74) is 7.72. The molecule has 0 aliphatic heterocycles. The van der Waals surface area contributed by atoms with Gasteiger partial charge in [0.1, 0.15) is 23.3 Å². The molecule has 5 heteroatoms. The first kappa shape index (κ1) is 23.4. The number of furan rings is 1. The highest BCUT2D eigenvalue weighted by atomic mass is 16.3. The Hall–Kier alpha value is -6.30. The summed E-state index contributed by atoms with van der Waals surface area (Å²) >= 11 is 0. The summed E-state index contributed by atoms with van der Waals surface area (Å²) in [6, 6.07) is 45.5. The minimum Gasteiger partial charge on any atom is -0.455 e. The van der Waals surface area contributed by atoms with Gasteiger partial charge < -0.3 is 13.6 Å². The Bertz CT molecular complexity index is 2650. The van der Waals surface area contributed by atoms with Crippen LogP contribution in [0, 0.1) is 22.7 Å². The van der Waals surface area contributed by atoms with Gasteiger partial charge in [0.2, 0.25) is 0 Å². The van der Waals surface area contributed by atoms with Gasteiger partial charge in [-0.15, -0.1) is 0 Å². The molecule has 0 saturated carbocycles. The third-order valence-corrected chi connectivity index (χ3v) is 8.61. The van der Waals surface area contributed by atoms with Crippen LogP contribution in [0.2, 0.25) is 0 Å². The predicted octanol–water partition coefficient (Wildman–Crippen LogP) is 9.52. The Labute approximate surface area is 245 Å². The second-order valence-electron chi connectivity index (χ2n) is 10.7. The van der Waals surface area contributed by atoms with Gasteiger partial charge in [-0.2, -0.15) is 10.5 Å². The third kappa shape index (κ3) is 3.03. The van der Waals surface area contributed by atoms with Crippen molar-refractivity contribution in [1.82, 2.24) is 9.13 Å². The normalized spacial score (nSPS) is 11.7. The molecule has 9 aromatic rings. The predicted molar refractivity (Wildman–Crippen MR) is 172 cm³/mol. The molecule has 0 amide bonds. The zero-order chi connectivity index (χ0) is 28.7. The molecule has 0 N–H and O–H groups in total. The van der Waals surface area contributed by atoms with E-state index in [1.807, 2.05) is 60.7 Å². The molecule has 0 saturated heterocycles. The van der Waals surface area contributed by atoms with E-state index in [9.17, 15) is 10.5 Å². The summed E-state index contributed by atoms with van der Waals surface area (Å²) < 4.78 is 10.9. The number of benzene rings is 6. The van der Waals surface area contributed by atoms with Crippen molar-refractivity contribution < 1.29 is 4.42 Å². The maximum Gasteiger partial charge on any atom is 0.145 e. The minimum absolute atomic E-state index is 0.335. The van der Waals surface area contributed by atoms with Crippen LogP contribution in [-0.4, -0.2) is 9.13 Å². The smallest absolute Gasteiger partial charge is 0.145 e. The van der Waals surface area contributed by atoms with Gasteiger partial charge in [-0.25, -0.2) is 0 Å². The maximum atomic E-state index is 10.6. The average Bonchev–Trinajstić information content (AvgIpc) is 3.71. The summed E-state index contributed by atoms with van der Waals surface area (Å²) in [6.45, 7) is 0. The van der Waals surface area contributed by atoms with Crippen LogP contribution in [0.3, 0.4) is 0 Å². The molecule has 0 bridgehead atoms. The SMILES string of the molecule is N#Cc1ccc(-n2c3ccccc3c3c4oc5ccccc5c4ccc32)c(-n2c3ccccc3c3ccccc32)c1C#N. The first-order valence-corrected chi connectivity index (χ1v) is 14.1. The van der Waals surface area contributed by atoms with Crippen LogP contribution < -0.4 is 0 Å². The zero-order valence-electron chi connectivity index (χ0n) is 22.7. The second-order valence-corrected chi connectivity index (χ2v) is 10.7. The van der Waals surface area contributed by atoms with Gasteiger partial charge in [0.15, 0.2) is 0 Å². The summed E-state index contributed by atoms with van der Waals surface area (Å²) in [6.07, 6.45) is 0. The second kappa shape index (κ2) is 8.60. The number of hydrogen-bond acceptors (Lipinski definition) is 3. The molecule has 5 nitrogen and oxygen atoms in total. The quantitative estimate of drug-likeness (QED) is 0.216. The van der Waals surface area contributed by atoms with Gasteiger partial charge >= 0.3 is 0 Å². The molecule has 43 heavy (non-hydrogen) atoms. The number of hydrogen-bond donors (Lipinski definition) is 0. The fourth-order valence-electron chi connectivity index (χ4n) is 6.85. The van der Waals surface area contributed by atoms with Crippen molar-refractivity contribution >= 4 is 65.6 Å². The largest absolute Gasteiger partial charge is 0.455 e. The lowest BCUT2D eigenvalue weighted by molar-refractivity contribution is 0.673. The average molecular weight is 549 g/mol. The highest BCUT2D eigenvalue weighted by molar-refractivity contribution is 6.24. The molecule has 0 atom stereocenters. The van der Waals surface area contributed by atoms with Gasteiger partial charge in [-0.05, 0) is 48.5 Å². The first-order chi connectivity index (χ1) is 21.3. The van der Waals surface area contributed by atoms with Gasteiger partial charge in [0.25, 0.3) is 0 Å². The van der Waals surface area contributed by atoms with E-state index in [0.29, 0.717) is 16.8 Å². The fourth-order valence-corrected chi connectivity index (χ4v) is 6.85. The van der Waals surface area contributed by atoms with E-state index in [2.05, 4.69) is 75.9 Å². The molecule has 3 aromatic heterocycles. The van der Waals surface area contributed by atoms with Crippen LogP contribution in [-0.2, 0) is 0 Å². The Morgan fingerprint density at radius 1 is 0.488 bits per heavy atom. The standard InChI is InChI=1S/C38H20N4O/c39-21-23-17-19-34(37(29(23)22-40)42-30-13-5-1-9-24(30)25-10-2-6-14-31(25)42)41-32-15-7-3-12-28(32)36-33(41)20-18-27-26-11-4-8-16-35(26)43-38(27)36/h1-20H. The van der Waals surface area contributed by atoms with Crippen molar-refractivity contribution in [3.05, 3.63) is 132 Å². The van der Waals surface area contributed by atoms with Crippen molar-refractivity contribution in [1.29, 1.82) is 10.5 Å². The first-order valence-electron chi connectivity index (χ1n) is 14.1. The van der Waals surface area contributed by atoms with Crippen LogP contribution in [0.5, 0.6) is 0 Å². The van der Waals surface area contributed by atoms with E-state index in [1.165, 1.54) is 0 Å². The van der Waals surface area contributed by atoms with Crippen molar-refractivity contribution in [2.24, 2.45) is 0 Å². The van der Waals surface area contributed by atoms with E-state index in [4.69, 9.17) is 4.42 Å². The monoisotopic (exact) mass is 548 g/mol. The molecular formula is C38H20N4O. The fraction of sp³-hybridized carbons (Fsp3) is 0. The topological polar surface area (TPSA) is 70.6 Å². The molecule has 9 rings (SSSR count). The van der Waals surface area contributed by atoms with E-state index in [0.717, 1.165) is 71.2 Å². The molecule has 0 unspecified atom stereocenters. The number of aromatic nitrogens is 2. The lowest BCUT2D eigenvalue weighted by Crippen LogP contribution is -2.07. The molecule has 198 valence electrons. The van der Waals surface area contributed by atoms with Crippen molar-refractivity contribution in [3.63, 3.8) is 0 Å². The van der Waals surface area contributed by atoms with Crippen LogP contribution >= 0.6 is 0 Å². The number of nitrogens with zero attached hydrogens (tertiary/aromatic N) is 4. The number of para-hydroxylation sites is 4. The Morgan fingerprint density at radius 3 is 1.77 bits per heavy atom. The molecule has 0 radical (unpaired) electrons. The summed E-state index contributed by atoms with van der Waals surface area (Å²) in [4.78, 5) is 0. The van der Waals surface area contributed by atoms with Crippen molar-refractivity contribution in [2.75, 3.05) is 0 Å². The van der Waals surface area contributed by atoms with Gasteiger partial charge in [0.05, 0.1) is 50.0 Å². The molecule has 6 aromatic carbocycles.